The molecule has 7 heteroatoms. The van der Waals surface area contributed by atoms with Crippen molar-refractivity contribution in [3.8, 4) is 11.8 Å². The molecule has 108 valence electrons. The summed E-state index contributed by atoms with van der Waals surface area (Å²) < 4.78 is 10.3. The number of hydrogen-bond acceptors (Lipinski definition) is 7. The van der Waals surface area contributed by atoms with Crippen LogP contribution in [0, 0.1) is 13.8 Å². The lowest BCUT2D eigenvalue weighted by molar-refractivity contribution is 0.372. The van der Waals surface area contributed by atoms with E-state index in [0.717, 1.165) is 10.7 Å². The summed E-state index contributed by atoms with van der Waals surface area (Å²) in [6, 6.07) is 1.70. The molecule has 0 fully saturated rings. The molecule has 20 heavy (non-hydrogen) atoms. The molecule has 2 aromatic heterocycles. The number of rotatable bonds is 5. The fourth-order valence-electron chi connectivity index (χ4n) is 1.89. The van der Waals surface area contributed by atoms with Crippen LogP contribution in [0.3, 0.4) is 0 Å². The first-order valence-corrected chi connectivity index (χ1v) is 7.02. The summed E-state index contributed by atoms with van der Waals surface area (Å²) in [5.74, 6) is 1.40. The van der Waals surface area contributed by atoms with Crippen LogP contribution >= 0.6 is 11.3 Å². The number of aromatic nitrogens is 3. The highest BCUT2D eigenvalue weighted by Gasteiger charge is 2.15. The third-order valence-corrected chi connectivity index (χ3v) is 4.03. The van der Waals surface area contributed by atoms with Crippen molar-refractivity contribution in [3.05, 3.63) is 21.6 Å². The van der Waals surface area contributed by atoms with Crippen molar-refractivity contribution < 1.29 is 9.47 Å². The quantitative estimate of drug-likeness (QED) is 0.914. The molecule has 2 heterocycles. The molecular weight excluding hydrogens is 276 g/mol. The maximum Gasteiger partial charge on any atom is 0.229 e. The summed E-state index contributed by atoms with van der Waals surface area (Å²) in [6.45, 7) is 6.05. The number of anilines is 1. The molecule has 0 spiro atoms. The van der Waals surface area contributed by atoms with E-state index in [0.29, 0.717) is 17.7 Å². The predicted molar refractivity (Wildman–Crippen MR) is 78.8 cm³/mol. The lowest BCUT2D eigenvalue weighted by Crippen LogP contribution is -2.10. The fourth-order valence-corrected chi connectivity index (χ4v) is 2.82. The molecule has 2 aromatic rings. The van der Waals surface area contributed by atoms with E-state index in [-0.39, 0.29) is 6.04 Å². The minimum absolute atomic E-state index is 0.0676. The molecule has 2 rings (SSSR count). The van der Waals surface area contributed by atoms with Crippen LogP contribution < -0.4 is 14.8 Å². The molecule has 0 aliphatic rings. The molecule has 6 nitrogen and oxygen atoms in total. The van der Waals surface area contributed by atoms with Gasteiger partial charge in [0, 0.05) is 4.88 Å². The number of thiazole rings is 1. The van der Waals surface area contributed by atoms with E-state index < -0.39 is 0 Å². The number of nitrogens with one attached hydrogen (secondary N) is 1. The van der Waals surface area contributed by atoms with Crippen molar-refractivity contribution >= 4 is 17.3 Å². The van der Waals surface area contributed by atoms with Gasteiger partial charge in [-0.05, 0) is 20.8 Å². The van der Waals surface area contributed by atoms with E-state index in [9.17, 15) is 0 Å². The monoisotopic (exact) mass is 294 g/mol. The maximum absolute atomic E-state index is 5.13. The average molecular weight is 294 g/mol. The normalized spacial score (nSPS) is 12.1. The van der Waals surface area contributed by atoms with Crippen LogP contribution in [-0.4, -0.2) is 29.2 Å². The van der Waals surface area contributed by atoms with Gasteiger partial charge in [-0.15, -0.1) is 11.3 Å². The lowest BCUT2D eigenvalue weighted by atomic mass is 10.2. The van der Waals surface area contributed by atoms with Gasteiger partial charge in [-0.25, -0.2) is 4.98 Å². The largest absolute Gasteiger partial charge is 0.481 e. The van der Waals surface area contributed by atoms with Gasteiger partial charge in [-0.3, -0.25) is 0 Å². The molecule has 1 N–H and O–H groups in total. The molecule has 0 saturated heterocycles. The number of aryl methyl sites for hydroxylation is 2. The summed E-state index contributed by atoms with van der Waals surface area (Å²) in [5.41, 5.74) is 1.03. The van der Waals surface area contributed by atoms with Crippen LogP contribution in [0.1, 0.15) is 28.5 Å². The Morgan fingerprint density at radius 3 is 2.15 bits per heavy atom. The van der Waals surface area contributed by atoms with Crippen molar-refractivity contribution in [3.63, 3.8) is 0 Å². The molecule has 0 aliphatic carbocycles. The summed E-state index contributed by atoms with van der Waals surface area (Å²) >= 11 is 1.67. The van der Waals surface area contributed by atoms with Crippen molar-refractivity contribution in [1.29, 1.82) is 0 Å². The van der Waals surface area contributed by atoms with E-state index in [1.165, 1.54) is 4.88 Å². The zero-order valence-corrected chi connectivity index (χ0v) is 13.0. The lowest BCUT2D eigenvalue weighted by Gasteiger charge is -2.14. The highest BCUT2D eigenvalue weighted by molar-refractivity contribution is 7.11. The fraction of sp³-hybridized carbons (Fsp3) is 0.462. The summed E-state index contributed by atoms with van der Waals surface area (Å²) in [6.07, 6.45) is 0. The minimum Gasteiger partial charge on any atom is -0.481 e. The Morgan fingerprint density at radius 2 is 1.70 bits per heavy atom. The van der Waals surface area contributed by atoms with Gasteiger partial charge < -0.3 is 14.8 Å². The standard InChI is InChI=1S/C13H18N4O2S/c1-7-12(20-9(3)14-7)8(2)15-13-16-10(18-4)6-11(17-13)19-5/h6,8H,1-5H3,(H,15,16,17). The topological polar surface area (TPSA) is 69.2 Å². The average Bonchev–Trinajstić information content (AvgIpc) is 2.77. The third kappa shape index (κ3) is 3.16. The van der Waals surface area contributed by atoms with Gasteiger partial charge in [0.2, 0.25) is 17.7 Å². The van der Waals surface area contributed by atoms with Crippen molar-refractivity contribution in [2.45, 2.75) is 26.8 Å². The van der Waals surface area contributed by atoms with Gasteiger partial charge in [0.05, 0.1) is 37.0 Å². The first-order valence-electron chi connectivity index (χ1n) is 6.21. The van der Waals surface area contributed by atoms with Crippen molar-refractivity contribution in [2.24, 2.45) is 0 Å². The van der Waals surface area contributed by atoms with Crippen LogP contribution in [-0.2, 0) is 0 Å². The zero-order chi connectivity index (χ0) is 14.7. The van der Waals surface area contributed by atoms with Crippen LogP contribution in [0.4, 0.5) is 5.95 Å². The van der Waals surface area contributed by atoms with Gasteiger partial charge in [0.25, 0.3) is 0 Å². The molecular formula is C13H18N4O2S. The molecule has 0 amide bonds. The van der Waals surface area contributed by atoms with E-state index in [1.54, 1.807) is 31.6 Å². The molecule has 0 aromatic carbocycles. The number of hydrogen-bond donors (Lipinski definition) is 1. The van der Waals surface area contributed by atoms with Gasteiger partial charge in [0.1, 0.15) is 0 Å². The highest BCUT2D eigenvalue weighted by atomic mass is 32.1. The molecule has 0 radical (unpaired) electrons. The smallest absolute Gasteiger partial charge is 0.229 e. The Labute approximate surface area is 122 Å². The highest BCUT2D eigenvalue weighted by Crippen LogP contribution is 2.27. The summed E-state index contributed by atoms with van der Waals surface area (Å²) in [7, 11) is 3.12. The van der Waals surface area contributed by atoms with Crippen molar-refractivity contribution in [2.75, 3.05) is 19.5 Å². The molecule has 1 atom stereocenters. The number of ether oxygens (including phenoxy) is 2. The van der Waals surface area contributed by atoms with Gasteiger partial charge in [-0.1, -0.05) is 0 Å². The minimum atomic E-state index is 0.0676. The van der Waals surface area contributed by atoms with Crippen LogP contribution in [0.2, 0.25) is 0 Å². The van der Waals surface area contributed by atoms with Crippen LogP contribution in [0.15, 0.2) is 6.07 Å². The zero-order valence-electron chi connectivity index (χ0n) is 12.2. The summed E-state index contributed by atoms with van der Waals surface area (Å²) in [4.78, 5) is 14.1. The second kappa shape index (κ2) is 6.04. The third-order valence-electron chi connectivity index (χ3n) is 2.78. The van der Waals surface area contributed by atoms with Crippen molar-refractivity contribution in [1.82, 2.24) is 15.0 Å². The van der Waals surface area contributed by atoms with E-state index >= 15 is 0 Å². The first kappa shape index (κ1) is 14.5. The SMILES string of the molecule is COc1cc(OC)nc(NC(C)c2sc(C)nc2C)n1. The van der Waals surface area contributed by atoms with Gasteiger partial charge in [-0.2, -0.15) is 9.97 Å². The van der Waals surface area contributed by atoms with E-state index in [1.807, 2.05) is 13.8 Å². The molecule has 0 bridgehead atoms. The molecule has 0 aliphatic heterocycles. The maximum atomic E-state index is 5.13. The van der Waals surface area contributed by atoms with Crippen LogP contribution in [0.5, 0.6) is 11.8 Å². The Balaban J connectivity index is 2.22. The Bertz CT molecular complexity index is 578. The second-order valence-corrected chi connectivity index (χ2v) is 5.56. The predicted octanol–water partition coefficient (Wildman–Crippen LogP) is 2.74. The first-order chi connectivity index (χ1) is 9.53. The van der Waals surface area contributed by atoms with Crippen LogP contribution in [0.25, 0.3) is 0 Å². The van der Waals surface area contributed by atoms with Gasteiger partial charge in [0.15, 0.2) is 0 Å². The number of methoxy groups -OCH3 is 2. The van der Waals surface area contributed by atoms with Gasteiger partial charge >= 0.3 is 0 Å². The molecule has 1 unspecified atom stereocenters. The van der Waals surface area contributed by atoms with E-state index in [4.69, 9.17) is 9.47 Å². The number of nitrogens with zero attached hydrogens (tertiary/aromatic N) is 3. The Morgan fingerprint density at radius 1 is 1.10 bits per heavy atom. The van der Waals surface area contributed by atoms with E-state index in [2.05, 4.69) is 27.2 Å². The second-order valence-electron chi connectivity index (χ2n) is 4.32. The Kier molecular flexibility index (Phi) is 4.39. The molecule has 0 saturated carbocycles. The summed E-state index contributed by atoms with van der Waals surface area (Å²) in [5, 5.41) is 4.30. The Hall–Kier alpha value is -1.89.